The lowest BCUT2D eigenvalue weighted by Crippen LogP contribution is -2.09. The summed E-state index contributed by atoms with van der Waals surface area (Å²) in [5, 5.41) is 16.6. The van der Waals surface area contributed by atoms with Crippen molar-refractivity contribution in [1.82, 2.24) is 19.7 Å². The summed E-state index contributed by atoms with van der Waals surface area (Å²) in [6, 6.07) is 8.56. The van der Waals surface area contributed by atoms with Crippen molar-refractivity contribution in [3.8, 4) is 23.2 Å². The second kappa shape index (κ2) is 9.11. The Balaban J connectivity index is 1.79. The first-order valence-electron chi connectivity index (χ1n) is 10.3. The lowest BCUT2D eigenvalue weighted by atomic mass is 10.1. The fourth-order valence-electron chi connectivity index (χ4n) is 3.32. The summed E-state index contributed by atoms with van der Waals surface area (Å²) in [5.74, 6) is 0.693. The van der Waals surface area contributed by atoms with Crippen molar-refractivity contribution in [2.45, 2.75) is 27.2 Å². The highest BCUT2D eigenvalue weighted by molar-refractivity contribution is 5.91. The Kier molecular flexibility index (Phi) is 6.07. The number of ether oxygens (including phenoxy) is 2. The van der Waals surface area contributed by atoms with Crippen LogP contribution < -0.4 is 14.8 Å². The summed E-state index contributed by atoms with van der Waals surface area (Å²) in [7, 11) is 0. The SMILES string of the molecule is CCCNc1nc(-n2cc(OC(=O)O)cn2)nc2cc(F)c(Oc3c(C)cccc3C)cc12. The van der Waals surface area contributed by atoms with Crippen LogP contribution in [0.2, 0.25) is 0 Å². The molecule has 0 radical (unpaired) electrons. The number of hydrogen-bond donors (Lipinski definition) is 2. The van der Waals surface area contributed by atoms with E-state index in [1.165, 1.54) is 23.1 Å². The average molecular weight is 451 g/mol. The van der Waals surface area contributed by atoms with E-state index in [4.69, 9.17) is 9.84 Å². The monoisotopic (exact) mass is 451 g/mol. The molecule has 0 aliphatic rings. The Bertz CT molecular complexity index is 1320. The number of nitrogens with one attached hydrogen (secondary N) is 1. The number of hydrogen-bond acceptors (Lipinski definition) is 7. The molecule has 2 heterocycles. The van der Waals surface area contributed by atoms with Gasteiger partial charge in [-0.1, -0.05) is 25.1 Å². The van der Waals surface area contributed by atoms with Crippen LogP contribution in [0, 0.1) is 19.7 Å². The molecule has 0 unspecified atom stereocenters. The molecule has 4 aromatic rings. The number of fused-ring (bicyclic) bond motifs is 1. The van der Waals surface area contributed by atoms with Gasteiger partial charge in [0, 0.05) is 18.0 Å². The van der Waals surface area contributed by atoms with E-state index in [1.54, 1.807) is 6.07 Å². The van der Waals surface area contributed by atoms with Crippen LogP contribution in [0.5, 0.6) is 17.2 Å². The van der Waals surface area contributed by atoms with Crippen molar-refractivity contribution in [3.05, 3.63) is 59.7 Å². The normalized spacial score (nSPS) is 10.9. The highest BCUT2D eigenvalue weighted by Crippen LogP contribution is 2.34. The summed E-state index contributed by atoms with van der Waals surface area (Å²) < 4.78 is 26.8. The quantitative estimate of drug-likeness (QED) is 0.367. The first-order valence-corrected chi connectivity index (χ1v) is 10.3. The van der Waals surface area contributed by atoms with E-state index in [2.05, 4.69) is 25.1 Å². The smallest absolute Gasteiger partial charge is 0.454 e. The first kappa shape index (κ1) is 22.0. The van der Waals surface area contributed by atoms with E-state index in [-0.39, 0.29) is 17.4 Å². The molecule has 0 aliphatic heterocycles. The molecule has 10 heteroatoms. The van der Waals surface area contributed by atoms with E-state index in [0.717, 1.165) is 17.5 Å². The zero-order valence-corrected chi connectivity index (χ0v) is 18.3. The number of carbonyl (C=O) groups is 1. The van der Waals surface area contributed by atoms with E-state index in [1.807, 2.05) is 39.0 Å². The number of carboxylic acid groups (broad SMARTS) is 1. The highest BCUT2D eigenvalue weighted by atomic mass is 19.1. The second-order valence-corrected chi connectivity index (χ2v) is 7.41. The van der Waals surface area contributed by atoms with Gasteiger partial charge in [-0.05, 0) is 37.5 Å². The number of para-hydroxylation sites is 1. The lowest BCUT2D eigenvalue weighted by molar-refractivity contribution is 0.144. The van der Waals surface area contributed by atoms with Crippen molar-refractivity contribution < 1.29 is 23.8 Å². The van der Waals surface area contributed by atoms with Crippen LogP contribution in [0.25, 0.3) is 16.9 Å². The third-order valence-corrected chi connectivity index (χ3v) is 4.87. The second-order valence-electron chi connectivity index (χ2n) is 7.41. The number of aromatic nitrogens is 4. The predicted molar refractivity (Wildman–Crippen MR) is 120 cm³/mol. The molecule has 0 spiro atoms. The molecule has 0 saturated carbocycles. The van der Waals surface area contributed by atoms with E-state index < -0.39 is 12.0 Å². The van der Waals surface area contributed by atoms with Crippen LogP contribution in [0.15, 0.2) is 42.7 Å². The topological polar surface area (TPSA) is 111 Å². The molecule has 4 rings (SSSR count). The Hall–Kier alpha value is -4.21. The van der Waals surface area contributed by atoms with Crippen molar-refractivity contribution in [3.63, 3.8) is 0 Å². The summed E-state index contributed by atoms with van der Waals surface area (Å²) in [6.07, 6.45) is 1.93. The molecular formula is C23H22FN5O4. The standard InChI is InChI=1S/C23H22FN5O4/c1-4-8-25-21-16-9-19(33-20-13(2)6-5-7-14(20)3)17(24)10-18(16)27-22(28-21)29-12-15(11-26-29)32-23(30)31/h5-7,9-12H,4,8H2,1-3H3,(H,30,31)(H,25,27,28). The molecule has 0 bridgehead atoms. The summed E-state index contributed by atoms with van der Waals surface area (Å²) in [5.41, 5.74) is 2.12. The van der Waals surface area contributed by atoms with Gasteiger partial charge in [0.05, 0.1) is 17.9 Å². The van der Waals surface area contributed by atoms with E-state index >= 15 is 4.39 Å². The maximum atomic E-state index is 15.0. The van der Waals surface area contributed by atoms with Gasteiger partial charge in [-0.3, -0.25) is 0 Å². The fraction of sp³-hybridized carbons (Fsp3) is 0.217. The molecule has 170 valence electrons. The number of anilines is 1. The number of nitrogens with zero attached hydrogens (tertiary/aromatic N) is 4. The maximum absolute atomic E-state index is 15.0. The zero-order chi connectivity index (χ0) is 23.5. The molecule has 0 saturated heterocycles. The highest BCUT2D eigenvalue weighted by Gasteiger charge is 2.17. The van der Waals surface area contributed by atoms with Gasteiger partial charge in [0.1, 0.15) is 11.6 Å². The van der Waals surface area contributed by atoms with Gasteiger partial charge in [-0.2, -0.15) is 10.1 Å². The Labute approximate surface area is 188 Å². The van der Waals surface area contributed by atoms with Gasteiger partial charge >= 0.3 is 6.16 Å². The van der Waals surface area contributed by atoms with E-state index in [0.29, 0.717) is 29.0 Å². The maximum Gasteiger partial charge on any atom is 0.511 e. The molecule has 0 atom stereocenters. The minimum Gasteiger partial charge on any atom is -0.454 e. The number of halogens is 1. The summed E-state index contributed by atoms with van der Waals surface area (Å²) in [6.45, 7) is 6.44. The molecule has 0 fully saturated rings. The number of benzene rings is 2. The van der Waals surface area contributed by atoms with E-state index in [9.17, 15) is 4.79 Å². The van der Waals surface area contributed by atoms with Gasteiger partial charge in [0.25, 0.3) is 5.95 Å². The van der Waals surface area contributed by atoms with Crippen LogP contribution in [-0.2, 0) is 0 Å². The number of aryl methyl sites for hydroxylation is 2. The molecule has 2 N–H and O–H groups in total. The van der Waals surface area contributed by atoms with Crippen LogP contribution in [0.1, 0.15) is 24.5 Å². The molecule has 0 aliphatic carbocycles. The molecule has 0 amide bonds. The van der Waals surface area contributed by atoms with Gasteiger partial charge in [-0.25, -0.2) is 18.9 Å². The average Bonchev–Trinajstić information content (AvgIpc) is 3.22. The predicted octanol–water partition coefficient (Wildman–Crippen LogP) is 5.24. The Morgan fingerprint density at radius 3 is 2.67 bits per heavy atom. The molecule has 33 heavy (non-hydrogen) atoms. The molecule has 2 aromatic heterocycles. The molecular weight excluding hydrogens is 429 g/mol. The Morgan fingerprint density at radius 2 is 1.97 bits per heavy atom. The van der Waals surface area contributed by atoms with Crippen LogP contribution in [0.3, 0.4) is 0 Å². The van der Waals surface area contributed by atoms with Crippen LogP contribution in [-0.4, -0.2) is 37.6 Å². The summed E-state index contributed by atoms with van der Waals surface area (Å²) in [4.78, 5) is 19.7. The zero-order valence-electron chi connectivity index (χ0n) is 18.3. The van der Waals surface area contributed by atoms with Crippen LogP contribution >= 0.6 is 0 Å². The fourth-order valence-corrected chi connectivity index (χ4v) is 3.32. The number of rotatable bonds is 7. The van der Waals surface area contributed by atoms with Crippen molar-refractivity contribution in [2.75, 3.05) is 11.9 Å². The molecule has 9 nitrogen and oxygen atoms in total. The van der Waals surface area contributed by atoms with Gasteiger partial charge < -0.3 is 19.9 Å². The minimum absolute atomic E-state index is 0.0118. The molecule has 2 aromatic carbocycles. The third-order valence-electron chi connectivity index (χ3n) is 4.87. The van der Waals surface area contributed by atoms with Gasteiger partial charge in [0.2, 0.25) is 0 Å². The Morgan fingerprint density at radius 1 is 1.21 bits per heavy atom. The van der Waals surface area contributed by atoms with Crippen molar-refractivity contribution in [1.29, 1.82) is 0 Å². The van der Waals surface area contributed by atoms with Crippen molar-refractivity contribution in [2.24, 2.45) is 0 Å². The summed E-state index contributed by atoms with van der Waals surface area (Å²) >= 11 is 0. The third kappa shape index (κ3) is 4.69. The lowest BCUT2D eigenvalue weighted by Gasteiger charge is -2.15. The minimum atomic E-state index is -1.46. The van der Waals surface area contributed by atoms with Crippen molar-refractivity contribution >= 4 is 22.9 Å². The first-order chi connectivity index (χ1) is 15.9. The van der Waals surface area contributed by atoms with Gasteiger partial charge in [-0.15, -0.1) is 0 Å². The van der Waals surface area contributed by atoms with Crippen LogP contribution in [0.4, 0.5) is 15.0 Å². The largest absolute Gasteiger partial charge is 0.511 e. The van der Waals surface area contributed by atoms with Gasteiger partial charge in [0.15, 0.2) is 17.3 Å².